The molecular formula is C22H23F3N4O3. The van der Waals surface area contributed by atoms with Gasteiger partial charge in [-0.1, -0.05) is 12.1 Å². The summed E-state index contributed by atoms with van der Waals surface area (Å²) in [5.74, 6) is 0.408. The Hall–Kier alpha value is -3.56. The third-order valence-electron chi connectivity index (χ3n) is 4.19. The Kier molecular flexibility index (Phi) is 6.42. The standard InChI is InChI=1S/C22H23F3N4O3/c1-21(2,3)32-20(30)29(4)13-18-27-28-19(31-18)16-7-5-6-8-17(16)26-15-11-9-14(10-12-15)22(23,24)25/h5-12,26H,13H2,1-4H3. The molecule has 0 bridgehead atoms. The number of para-hydroxylation sites is 1. The van der Waals surface area contributed by atoms with Gasteiger partial charge in [-0.15, -0.1) is 10.2 Å². The van der Waals surface area contributed by atoms with Gasteiger partial charge in [-0.05, 0) is 57.2 Å². The maximum absolute atomic E-state index is 12.8. The smallest absolute Gasteiger partial charge is 0.416 e. The Morgan fingerprint density at radius 3 is 2.34 bits per heavy atom. The van der Waals surface area contributed by atoms with Crippen LogP contribution in [0.2, 0.25) is 0 Å². The lowest BCUT2D eigenvalue weighted by atomic mass is 10.1. The van der Waals surface area contributed by atoms with Gasteiger partial charge < -0.3 is 19.4 Å². The monoisotopic (exact) mass is 448 g/mol. The minimum Gasteiger partial charge on any atom is -0.444 e. The zero-order valence-electron chi connectivity index (χ0n) is 18.0. The van der Waals surface area contributed by atoms with E-state index in [1.54, 1.807) is 52.1 Å². The molecule has 1 heterocycles. The van der Waals surface area contributed by atoms with Gasteiger partial charge in [0.25, 0.3) is 0 Å². The number of alkyl halides is 3. The Balaban J connectivity index is 1.75. The molecule has 1 N–H and O–H groups in total. The largest absolute Gasteiger partial charge is 0.444 e. The second kappa shape index (κ2) is 8.89. The van der Waals surface area contributed by atoms with Crippen molar-refractivity contribution in [2.24, 2.45) is 0 Å². The van der Waals surface area contributed by atoms with Crippen molar-refractivity contribution in [1.29, 1.82) is 0 Å². The van der Waals surface area contributed by atoms with Crippen LogP contribution in [0.15, 0.2) is 52.9 Å². The maximum Gasteiger partial charge on any atom is 0.416 e. The van der Waals surface area contributed by atoms with Crippen molar-refractivity contribution in [2.45, 2.75) is 39.1 Å². The number of rotatable bonds is 5. The van der Waals surface area contributed by atoms with Crippen LogP contribution in [-0.4, -0.2) is 33.8 Å². The zero-order chi connectivity index (χ0) is 23.5. The summed E-state index contributed by atoms with van der Waals surface area (Å²) < 4.78 is 49.3. The van der Waals surface area contributed by atoms with E-state index in [2.05, 4.69) is 15.5 Å². The van der Waals surface area contributed by atoms with Gasteiger partial charge >= 0.3 is 12.3 Å². The summed E-state index contributed by atoms with van der Waals surface area (Å²) in [5, 5.41) is 11.1. The number of carbonyl (C=O) groups is 1. The molecule has 1 amide bonds. The van der Waals surface area contributed by atoms with Gasteiger partial charge in [-0.25, -0.2) is 4.79 Å². The number of benzene rings is 2. The highest BCUT2D eigenvalue weighted by atomic mass is 19.4. The van der Waals surface area contributed by atoms with Crippen LogP contribution in [0.5, 0.6) is 0 Å². The molecule has 0 radical (unpaired) electrons. The van der Waals surface area contributed by atoms with E-state index in [0.29, 0.717) is 16.9 Å². The van der Waals surface area contributed by atoms with Crippen LogP contribution in [0.3, 0.4) is 0 Å². The van der Waals surface area contributed by atoms with Crippen LogP contribution in [-0.2, 0) is 17.5 Å². The average Bonchev–Trinajstić information content (AvgIpc) is 3.15. The molecule has 0 aliphatic carbocycles. The molecule has 3 aromatic rings. The number of amides is 1. The molecule has 0 saturated heterocycles. The van der Waals surface area contributed by atoms with E-state index in [0.717, 1.165) is 12.1 Å². The number of carbonyl (C=O) groups excluding carboxylic acids is 1. The predicted octanol–water partition coefficient (Wildman–Crippen LogP) is 5.87. The Bertz CT molecular complexity index is 1070. The number of nitrogens with zero attached hydrogens (tertiary/aromatic N) is 3. The van der Waals surface area contributed by atoms with Crippen molar-refractivity contribution >= 4 is 17.5 Å². The van der Waals surface area contributed by atoms with Crippen LogP contribution < -0.4 is 5.32 Å². The second-order valence-electron chi connectivity index (χ2n) is 8.08. The quantitative estimate of drug-likeness (QED) is 0.526. The van der Waals surface area contributed by atoms with Crippen LogP contribution in [0.4, 0.5) is 29.3 Å². The highest BCUT2D eigenvalue weighted by molar-refractivity contribution is 5.76. The first-order chi connectivity index (χ1) is 14.9. The second-order valence-corrected chi connectivity index (χ2v) is 8.08. The Morgan fingerprint density at radius 1 is 1.06 bits per heavy atom. The fourth-order valence-corrected chi connectivity index (χ4v) is 2.71. The summed E-state index contributed by atoms with van der Waals surface area (Å²) in [7, 11) is 1.55. The van der Waals surface area contributed by atoms with Crippen molar-refractivity contribution in [1.82, 2.24) is 15.1 Å². The molecular weight excluding hydrogens is 425 g/mol. The minimum absolute atomic E-state index is 0.0520. The highest BCUT2D eigenvalue weighted by Crippen LogP contribution is 2.32. The molecule has 0 aliphatic rings. The molecule has 0 atom stereocenters. The van der Waals surface area contributed by atoms with Gasteiger partial charge in [-0.2, -0.15) is 13.2 Å². The van der Waals surface area contributed by atoms with E-state index < -0.39 is 23.4 Å². The lowest BCUT2D eigenvalue weighted by Crippen LogP contribution is -2.33. The van der Waals surface area contributed by atoms with E-state index in [1.165, 1.54) is 17.0 Å². The number of nitrogens with one attached hydrogen (secondary N) is 1. The molecule has 1 aromatic heterocycles. The summed E-state index contributed by atoms with van der Waals surface area (Å²) >= 11 is 0. The van der Waals surface area contributed by atoms with Gasteiger partial charge in [0.2, 0.25) is 11.8 Å². The fourth-order valence-electron chi connectivity index (χ4n) is 2.71. The average molecular weight is 448 g/mol. The van der Waals surface area contributed by atoms with Gasteiger partial charge in [0, 0.05) is 12.7 Å². The number of hydrogen-bond acceptors (Lipinski definition) is 6. The van der Waals surface area contributed by atoms with Crippen LogP contribution in [0.1, 0.15) is 32.2 Å². The first-order valence-corrected chi connectivity index (χ1v) is 9.72. The number of hydrogen-bond donors (Lipinski definition) is 1. The number of anilines is 2. The van der Waals surface area contributed by atoms with Crippen LogP contribution in [0, 0.1) is 0 Å². The van der Waals surface area contributed by atoms with E-state index in [1.807, 2.05) is 0 Å². The van der Waals surface area contributed by atoms with Gasteiger partial charge in [0.1, 0.15) is 12.1 Å². The molecule has 0 spiro atoms. The lowest BCUT2D eigenvalue weighted by molar-refractivity contribution is -0.137. The Labute approximate surface area is 183 Å². The summed E-state index contributed by atoms with van der Waals surface area (Å²) in [5.41, 5.74) is 0.240. The molecule has 0 saturated carbocycles. The highest BCUT2D eigenvalue weighted by Gasteiger charge is 2.30. The minimum atomic E-state index is -4.40. The summed E-state index contributed by atoms with van der Waals surface area (Å²) in [4.78, 5) is 13.4. The number of halogens is 3. The maximum atomic E-state index is 12.8. The van der Waals surface area contributed by atoms with Gasteiger partial charge in [0.15, 0.2) is 0 Å². The first-order valence-electron chi connectivity index (χ1n) is 9.72. The fraction of sp³-hybridized carbons (Fsp3) is 0.318. The van der Waals surface area contributed by atoms with Crippen molar-refractivity contribution in [2.75, 3.05) is 12.4 Å². The van der Waals surface area contributed by atoms with Crippen LogP contribution in [0.25, 0.3) is 11.5 Å². The van der Waals surface area contributed by atoms with Crippen molar-refractivity contribution in [3.8, 4) is 11.5 Å². The molecule has 32 heavy (non-hydrogen) atoms. The molecule has 170 valence electrons. The molecule has 2 aromatic carbocycles. The van der Waals surface area contributed by atoms with E-state index in [-0.39, 0.29) is 18.3 Å². The summed E-state index contributed by atoms with van der Waals surface area (Å²) in [6.07, 6.45) is -4.93. The Morgan fingerprint density at radius 2 is 1.72 bits per heavy atom. The van der Waals surface area contributed by atoms with E-state index in [9.17, 15) is 18.0 Å². The third-order valence-corrected chi connectivity index (χ3v) is 4.19. The molecule has 7 nitrogen and oxygen atoms in total. The molecule has 3 rings (SSSR count). The zero-order valence-corrected chi connectivity index (χ0v) is 18.0. The van der Waals surface area contributed by atoms with E-state index in [4.69, 9.17) is 9.15 Å². The summed E-state index contributed by atoms with van der Waals surface area (Å²) in [6, 6.07) is 11.7. The van der Waals surface area contributed by atoms with Gasteiger partial charge in [0.05, 0.1) is 16.8 Å². The molecule has 10 heteroatoms. The normalized spacial score (nSPS) is 11.8. The van der Waals surface area contributed by atoms with Crippen LogP contribution >= 0.6 is 0 Å². The SMILES string of the molecule is CN(Cc1nnc(-c2ccccc2Nc2ccc(C(F)(F)F)cc2)o1)C(=O)OC(C)(C)C. The van der Waals surface area contributed by atoms with Crippen molar-refractivity contribution in [3.05, 3.63) is 60.0 Å². The molecule has 0 aliphatic heterocycles. The van der Waals surface area contributed by atoms with E-state index >= 15 is 0 Å². The summed E-state index contributed by atoms with van der Waals surface area (Å²) in [6.45, 7) is 5.36. The predicted molar refractivity (Wildman–Crippen MR) is 112 cm³/mol. The molecule has 0 fully saturated rings. The van der Waals surface area contributed by atoms with Crippen molar-refractivity contribution in [3.63, 3.8) is 0 Å². The number of ether oxygens (including phenoxy) is 1. The molecule has 0 unspecified atom stereocenters. The first kappa shape index (κ1) is 23.1. The number of aromatic nitrogens is 2. The lowest BCUT2D eigenvalue weighted by Gasteiger charge is -2.23. The third kappa shape index (κ3) is 5.99. The van der Waals surface area contributed by atoms with Gasteiger partial charge in [-0.3, -0.25) is 0 Å². The van der Waals surface area contributed by atoms with Crippen molar-refractivity contribution < 1.29 is 27.1 Å². The topological polar surface area (TPSA) is 80.5 Å².